The van der Waals surface area contributed by atoms with Gasteiger partial charge in [0.15, 0.2) is 11.5 Å². The van der Waals surface area contributed by atoms with Crippen LogP contribution in [-0.2, 0) is 0 Å². The van der Waals surface area contributed by atoms with E-state index in [1.807, 2.05) is 0 Å². The SMILES string of the molecule is COc1cc(C=C(c2ccccc2)[N+](=O)[O-])ccc1O. The van der Waals surface area contributed by atoms with Crippen molar-refractivity contribution in [3.05, 3.63) is 69.8 Å². The zero-order valence-electron chi connectivity index (χ0n) is 10.8. The van der Waals surface area contributed by atoms with Gasteiger partial charge in [0.2, 0.25) is 0 Å². The minimum atomic E-state index is -0.436. The van der Waals surface area contributed by atoms with E-state index < -0.39 is 4.92 Å². The summed E-state index contributed by atoms with van der Waals surface area (Å²) in [7, 11) is 1.42. The first-order valence-corrected chi connectivity index (χ1v) is 5.90. The Kier molecular flexibility index (Phi) is 4.00. The molecule has 0 radical (unpaired) electrons. The van der Waals surface area contributed by atoms with Gasteiger partial charge in [0.05, 0.1) is 17.6 Å². The number of methoxy groups -OCH3 is 1. The Morgan fingerprint density at radius 3 is 2.55 bits per heavy atom. The van der Waals surface area contributed by atoms with Gasteiger partial charge in [0.1, 0.15) is 0 Å². The van der Waals surface area contributed by atoms with Crippen molar-refractivity contribution >= 4 is 11.8 Å². The van der Waals surface area contributed by atoms with E-state index in [-0.39, 0.29) is 17.2 Å². The van der Waals surface area contributed by atoms with Crippen molar-refractivity contribution in [3.63, 3.8) is 0 Å². The maximum Gasteiger partial charge on any atom is 0.277 e. The topological polar surface area (TPSA) is 72.6 Å². The van der Waals surface area contributed by atoms with E-state index in [9.17, 15) is 15.2 Å². The predicted octanol–water partition coefficient (Wildman–Crippen LogP) is 3.18. The lowest BCUT2D eigenvalue weighted by molar-refractivity contribution is -0.374. The van der Waals surface area contributed by atoms with Crippen LogP contribution < -0.4 is 4.74 Å². The predicted molar refractivity (Wildman–Crippen MR) is 76.0 cm³/mol. The van der Waals surface area contributed by atoms with Gasteiger partial charge >= 0.3 is 0 Å². The molecule has 0 atom stereocenters. The highest BCUT2D eigenvalue weighted by Gasteiger charge is 2.14. The Bertz CT molecular complexity index is 650. The van der Waals surface area contributed by atoms with E-state index in [2.05, 4.69) is 0 Å². The Labute approximate surface area is 115 Å². The number of aromatic hydroxyl groups is 1. The highest BCUT2D eigenvalue weighted by Crippen LogP contribution is 2.28. The summed E-state index contributed by atoms with van der Waals surface area (Å²) < 4.78 is 4.98. The van der Waals surface area contributed by atoms with Crippen LogP contribution in [0.5, 0.6) is 11.5 Å². The lowest BCUT2D eigenvalue weighted by Crippen LogP contribution is -1.97. The van der Waals surface area contributed by atoms with Crippen LogP contribution in [0.3, 0.4) is 0 Å². The molecule has 20 heavy (non-hydrogen) atoms. The summed E-state index contributed by atoms with van der Waals surface area (Å²) in [5.41, 5.74) is 1.08. The highest BCUT2D eigenvalue weighted by molar-refractivity contribution is 5.77. The van der Waals surface area contributed by atoms with Gasteiger partial charge in [-0.3, -0.25) is 10.1 Å². The molecule has 5 nitrogen and oxygen atoms in total. The summed E-state index contributed by atoms with van der Waals surface area (Å²) in [4.78, 5) is 10.7. The number of ether oxygens (including phenoxy) is 1. The van der Waals surface area contributed by atoms with Crippen molar-refractivity contribution in [1.29, 1.82) is 0 Å². The van der Waals surface area contributed by atoms with Gasteiger partial charge in [-0.05, 0) is 29.8 Å². The molecule has 5 heteroatoms. The summed E-state index contributed by atoms with van der Waals surface area (Å²) in [5.74, 6) is 0.265. The Morgan fingerprint density at radius 1 is 1.25 bits per heavy atom. The van der Waals surface area contributed by atoms with Crippen molar-refractivity contribution in [2.24, 2.45) is 0 Å². The van der Waals surface area contributed by atoms with Crippen LogP contribution in [0.4, 0.5) is 0 Å². The molecule has 0 aliphatic heterocycles. The number of nitro groups is 1. The minimum absolute atomic E-state index is 0.00739. The maximum absolute atomic E-state index is 11.2. The molecule has 0 saturated heterocycles. The van der Waals surface area contributed by atoms with Crippen LogP contribution in [0.25, 0.3) is 11.8 Å². The minimum Gasteiger partial charge on any atom is -0.504 e. The number of hydrogen-bond donors (Lipinski definition) is 1. The van der Waals surface area contributed by atoms with Gasteiger partial charge in [-0.1, -0.05) is 24.3 Å². The summed E-state index contributed by atoms with van der Waals surface area (Å²) in [6.45, 7) is 0. The zero-order valence-corrected chi connectivity index (χ0v) is 10.8. The molecule has 2 rings (SSSR count). The monoisotopic (exact) mass is 271 g/mol. The van der Waals surface area contributed by atoms with Crippen LogP contribution in [-0.4, -0.2) is 17.1 Å². The molecular weight excluding hydrogens is 258 g/mol. The van der Waals surface area contributed by atoms with Crippen molar-refractivity contribution in [1.82, 2.24) is 0 Å². The molecule has 2 aromatic carbocycles. The quantitative estimate of drug-likeness (QED) is 0.526. The van der Waals surface area contributed by atoms with Crippen LogP contribution in [0.1, 0.15) is 11.1 Å². The molecule has 0 aliphatic carbocycles. The van der Waals surface area contributed by atoms with Gasteiger partial charge in [0, 0.05) is 6.08 Å². The average molecular weight is 271 g/mol. The summed E-state index contributed by atoms with van der Waals surface area (Å²) in [6, 6.07) is 13.2. The number of rotatable bonds is 4. The van der Waals surface area contributed by atoms with E-state index in [0.717, 1.165) is 0 Å². The molecule has 2 aromatic rings. The second-order valence-electron chi connectivity index (χ2n) is 4.08. The molecule has 0 saturated carbocycles. The molecule has 1 N–H and O–H groups in total. The lowest BCUT2D eigenvalue weighted by atomic mass is 10.1. The molecule has 0 bridgehead atoms. The van der Waals surface area contributed by atoms with Crippen LogP contribution >= 0.6 is 0 Å². The molecule has 0 unspecified atom stereocenters. The lowest BCUT2D eigenvalue weighted by Gasteiger charge is -2.04. The van der Waals surface area contributed by atoms with E-state index in [4.69, 9.17) is 4.74 Å². The van der Waals surface area contributed by atoms with E-state index in [0.29, 0.717) is 11.1 Å². The molecule has 102 valence electrons. The largest absolute Gasteiger partial charge is 0.504 e. The first-order valence-electron chi connectivity index (χ1n) is 5.90. The van der Waals surface area contributed by atoms with Crippen LogP contribution in [0.15, 0.2) is 48.5 Å². The standard InChI is InChI=1S/C15H13NO4/c1-20-15-10-11(7-8-14(15)17)9-13(16(18)19)12-5-3-2-4-6-12/h2-10,17H,1H3. The number of phenolic OH excluding ortho intramolecular Hbond substituents is 1. The average Bonchev–Trinajstić information content (AvgIpc) is 2.47. The smallest absolute Gasteiger partial charge is 0.277 e. The van der Waals surface area contributed by atoms with Gasteiger partial charge < -0.3 is 9.84 Å². The van der Waals surface area contributed by atoms with Crippen molar-refractivity contribution in [3.8, 4) is 11.5 Å². The summed E-state index contributed by atoms with van der Waals surface area (Å²) >= 11 is 0. The van der Waals surface area contributed by atoms with E-state index in [1.54, 1.807) is 42.5 Å². The van der Waals surface area contributed by atoms with Gasteiger partial charge in [-0.25, -0.2) is 0 Å². The Balaban J connectivity index is 2.47. The van der Waals surface area contributed by atoms with Crippen molar-refractivity contribution in [2.75, 3.05) is 7.11 Å². The molecule has 0 heterocycles. The van der Waals surface area contributed by atoms with Crippen LogP contribution in [0.2, 0.25) is 0 Å². The third-order valence-corrected chi connectivity index (χ3v) is 2.77. The van der Waals surface area contributed by atoms with Gasteiger partial charge in [-0.2, -0.15) is 0 Å². The second kappa shape index (κ2) is 5.88. The summed E-state index contributed by atoms with van der Waals surface area (Å²) in [5, 5.41) is 20.7. The molecule has 0 amide bonds. The first-order chi connectivity index (χ1) is 9.61. The van der Waals surface area contributed by atoms with Crippen LogP contribution in [0, 0.1) is 10.1 Å². The number of phenols is 1. The Hall–Kier alpha value is -2.82. The third kappa shape index (κ3) is 2.95. The molecule has 0 aliphatic rings. The maximum atomic E-state index is 11.2. The number of benzene rings is 2. The number of nitrogens with zero attached hydrogens (tertiary/aromatic N) is 1. The van der Waals surface area contributed by atoms with Gasteiger partial charge in [-0.15, -0.1) is 0 Å². The highest BCUT2D eigenvalue weighted by atomic mass is 16.6. The van der Waals surface area contributed by atoms with E-state index in [1.165, 1.54) is 19.3 Å². The van der Waals surface area contributed by atoms with Crippen molar-refractivity contribution in [2.45, 2.75) is 0 Å². The normalized spacial score (nSPS) is 11.2. The number of hydrogen-bond acceptors (Lipinski definition) is 4. The summed E-state index contributed by atoms with van der Waals surface area (Å²) in [6.07, 6.45) is 1.44. The van der Waals surface area contributed by atoms with Gasteiger partial charge in [0.25, 0.3) is 5.70 Å². The van der Waals surface area contributed by atoms with E-state index >= 15 is 0 Å². The second-order valence-corrected chi connectivity index (χ2v) is 4.08. The molecule has 0 fully saturated rings. The third-order valence-electron chi connectivity index (χ3n) is 2.77. The fraction of sp³-hybridized carbons (Fsp3) is 0.0667. The molecule has 0 spiro atoms. The molecule has 0 aromatic heterocycles. The zero-order chi connectivity index (χ0) is 14.5. The first kappa shape index (κ1) is 13.6. The van der Waals surface area contributed by atoms with Crippen molar-refractivity contribution < 1.29 is 14.8 Å². The fourth-order valence-corrected chi connectivity index (χ4v) is 1.79. The fourth-order valence-electron chi connectivity index (χ4n) is 1.79. The Morgan fingerprint density at radius 2 is 1.95 bits per heavy atom. The molecular formula is C15H13NO4.